The summed E-state index contributed by atoms with van der Waals surface area (Å²) in [5.74, 6) is -1.31. The Morgan fingerprint density at radius 3 is 2.24 bits per heavy atom. The Morgan fingerprint density at radius 1 is 0.897 bits per heavy atom. The average Bonchev–Trinajstić information content (AvgIpc) is 2.76. The molecule has 29 heavy (non-hydrogen) atoms. The molecule has 3 aromatic rings. The minimum Gasteiger partial charge on any atom is -0.453 e. The van der Waals surface area contributed by atoms with Crippen LogP contribution in [0, 0.1) is 0 Å². The summed E-state index contributed by atoms with van der Waals surface area (Å²) in [6.45, 7) is 3.25. The Morgan fingerprint density at radius 2 is 1.55 bits per heavy atom. The molecule has 0 aromatic heterocycles. The van der Waals surface area contributed by atoms with E-state index in [1.165, 1.54) is 6.92 Å². The number of fused-ring (bicyclic) bond motifs is 1. The minimum absolute atomic E-state index is 0.276. The van der Waals surface area contributed by atoms with Crippen molar-refractivity contribution < 1.29 is 19.1 Å². The van der Waals surface area contributed by atoms with E-state index in [0.717, 1.165) is 22.8 Å². The molecule has 5 nitrogen and oxygen atoms in total. The summed E-state index contributed by atoms with van der Waals surface area (Å²) in [6.07, 6.45) is -0.0387. The molecule has 1 atom stereocenters. The molecule has 0 bridgehead atoms. The molecule has 1 amide bonds. The smallest absolute Gasteiger partial charge is 0.326 e. The van der Waals surface area contributed by atoms with Crippen LogP contribution < -0.4 is 5.32 Å². The SMILES string of the molecule is CCc1ccc(C(=O)[C@H](C)OC(=O)CNC(=O)c2ccc3ccccc3c2)cc1. The number of ether oxygens (including phenoxy) is 1. The van der Waals surface area contributed by atoms with Gasteiger partial charge in [0.2, 0.25) is 5.78 Å². The van der Waals surface area contributed by atoms with E-state index in [0.29, 0.717) is 11.1 Å². The topological polar surface area (TPSA) is 72.5 Å². The predicted molar refractivity (Wildman–Crippen MR) is 112 cm³/mol. The van der Waals surface area contributed by atoms with Crippen LogP contribution in [0.4, 0.5) is 0 Å². The standard InChI is InChI=1S/C24H23NO4/c1-3-17-8-10-19(11-9-17)23(27)16(2)29-22(26)15-25-24(28)21-13-12-18-6-4-5-7-20(18)14-21/h4-14,16H,3,15H2,1-2H3,(H,25,28)/t16-/m0/s1. The molecule has 0 spiro atoms. The Kier molecular flexibility index (Phi) is 6.39. The second-order valence-corrected chi connectivity index (χ2v) is 6.79. The lowest BCUT2D eigenvalue weighted by atomic mass is 10.0. The predicted octanol–water partition coefficient (Wildman–Crippen LogP) is 3.95. The van der Waals surface area contributed by atoms with Crippen molar-refractivity contribution in [2.45, 2.75) is 26.4 Å². The van der Waals surface area contributed by atoms with Gasteiger partial charge in [0.1, 0.15) is 6.54 Å². The third kappa shape index (κ3) is 5.08. The van der Waals surface area contributed by atoms with E-state index >= 15 is 0 Å². The second-order valence-electron chi connectivity index (χ2n) is 6.79. The number of nitrogens with one attached hydrogen (secondary N) is 1. The van der Waals surface area contributed by atoms with Crippen LogP contribution in [0.3, 0.4) is 0 Å². The van der Waals surface area contributed by atoms with E-state index in [4.69, 9.17) is 4.74 Å². The molecule has 0 aliphatic rings. The lowest BCUT2D eigenvalue weighted by Crippen LogP contribution is -2.34. The van der Waals surface area contributed by atoms with Gasteiger partial charge >= 0.3 is 5.97 Å². The number of carbonyl (C=O) groups is 3. The van der Waals surface area contributed by atoms with E-state index in [1.54, 1.807) is 24.3 Å². The minimum atomic E-state index is -0.924. The van der Waals surface area contributed by atoms with Gasteiger partial charge in [-0.15, -0.1) is 0 Å². The first kappa shape index (κ1) is 20.3. The molecule has 0 fully saturated rings. The van der Waals surface area contributed by atoms with Crippen molar-refractivity contribution in [3.8, 4) is 0 Å². The molecule has 0 aliphatic heterocycles. The van der Waals surface area contributed by atoms with Gasteiger partial charge < -0.3 is 10.1 Å². The van der Waals surface area contributed by atoms with Gasteiger partial charge in [0.05, 0.1) is 0 Å². The molecular formula is C24H23NO4. The van der Waals surface area contributed by atoms with Gasteiger partial charge in [0.25, 0.3) is 5.91 Å². The molecule has 148 valence electrons. The molecule has 0 saturated heterocycles. The van der Waals surface area contributed by atoms with Crippen molar-refractivity contribution in [2.24, 2.45) is 0 Å². The molecule has 0 unspecified atom stereocenters. The zero-order valence-electron chi connectivity index (χ0n) is 16.5. The number of aryl methyl sites for hydroxylation is 1. The second kappa shape index (κ2) is 9.15. The monoisotopic (exact) mass is 389 g/mol. The maximum absolute atomic E-state index is 12.4. The number of benzene rings is 3. The maximum Gasteiger partial charge on any atom is 0.326 e. The summed E-state index contributed by atoms with van der Waals surface area (Å²) >= 11 is 0. The number of carbonyl (C=O) groups excluding carboxylic acids is 3. The highest BCUT2D eigenvalue weighted by Gasteiger charge is 2.20. The van der Waals surface area contributed by atoms with Crippen LogP contribution in [0.25, 0.3) is 10.8 Å². The molecule has 3 rings (SSSR count). The highest BCUT2D eigenvalue weighted by molar-refractivity contribution is 6.01. The number of ketones is 1. The zero-order chi connectivity index (χ0) is 20.8. The molecule has 0 aliphatic carbocycles. The van der Waals surface area contributed by atoms with Crippen molar-refractivity contribution in [3.05, 3.63) is 83.4 Å². The first-order chi connectivity index (χ1) is 14.0. The third-order valence-corrected chi connectivity index (χ3v) is 4.73. The van der Waals surface area contributed by atoms with Crippen molar-refractivity contribution in [3.63, 3.8) is 0 Å². The maximum atomic E-state index is 12.4. The molecular weight excluding hydrogens is 366 g/mol. The quantitative estimate of drug-likeness (QED) is 0.491. The van der Waals surface area contributed by atoms with Gasteiger partial charge in [-0.3, -0.25) is 14.4 Å². The summed E-state index contributed by atoms with van der Waals surface area (Å²) < 4.78 is 5.18. The van der Waals surface area contributed by atoms with Crippen LogP contribution in [0.15, 0.2) is 66.7 Å². The number of amides is 1. The highest BCUT2D eigenvalue weighted by Crippen LogP contribution is 2.15. The van der Waals surface area contributed by atoms with Crippen molar-refractivity contribution in [1.82, 2.24) is 5.32 Å². The van der Waals surface area contributed by atoms with E-state index in [-0.39, 0.29) is 18.2 Å². The fourth-order valence-electron chi connectivity index (χ4n) is 3.02. The Bertz CT molecular complexity index is 1040. The van der Waals surface area contributed by atoms with Gasteiger partial charge in [0.15, 0.2) is 6.10 Å². The van der Waals surface area contributed by atoms with Crippen LogP contribution in [0.1, 0.15) is 40.1 Å². The fourth-order valence-corrected chi connectivity index (χ4v) is 3.02. The van der Waals surface area contributed by atoms with E-state index in [2.05, 4.69) is 5.32 Å². The molecule has 0 saturated carbocycles. The molecule has 0 heterocycles. The molecule has 3 aromatic carbocycles. The van der Waals surface area contributed by atoms with Crippen molar-refractivity contribution in [2.75, 3.05) is 6.54 Å². The first-order valence-corrected chi connectivity index (χ1v) is 9.57. The lowest BCUT2D eigenvalue weighted by molar-refractivity contribution is -0.145. The van der Waals surface area contributed by atoms with Gasteiger partial charge in [-0.25, -0.2) is 0 Å². The Balaban J connectivity index is 1.53. The summed E-state index contributed by atoms with van der Waals surface area (Å²) in [7, 11) is 0. The van der Waals surface area contributed by atoms with Crippen molar-refractivity contribution >= 4 is 28.4 Å². The number of hydrogen-bond acceptors (Lipinski definition) is 4. The summed E-state index contributed by atoms with van der Waals surface area (Å²) in [6, 6.07) is 20.2. The lowest BCUT2D eigenvalue weighted by Gasteiger charge is -2.13. The number of esters is 1. The van der Waals surface area contributed by atoms with Gasteiger partial charge in [0, 0.05) is 11.1 Å². The van der Waals surface area contributed by atoms with Crippen LogP contribution >= 0.6 is 0 Å². The number of hydrogen-bond donors (Lipinski definition) is 1. The average molecular weight is 389 g/mol. The van der Waals surface area contributed by atoms with Gasteiger partial charge in [-0.2, -0.15) is 0 Å². The normalized spacial score (nSPS) is 11.7. The van der Waals surface area contributed by atoms with E-state index in [1.807, 2.05) is 49.4 Å². The van der Waals surface area contributed by atoms with Crippen molar-refractivity contribution in [1.29, 1.82) is 0 Å². The third-order valence-electron chi connectivity index (χ3n) is 4.73. The summed E-state index contributed by atoms with van der Waals surface area (Å²) in [4.78, 5) is 36.8. The Hall–Kier alpha value is -3.47. The first-order valence-electron chi connectivity index (χ1n) is 9.57. The van der Waals surface area contributed by atoms with Gasteiger partial charge in [-0.1, -0.05) is 61.5 Å². The van der Waals surface area contributed by atoms with E-state index < -0.39 is 12.1 Å². The number of Topliss-reactive ketones (excluding diaryl/α,β-unsaturated/α-hetero) is 1. The zero-order valence-corrected chi connectivity index (χ0v) is 16.5. The summed E-state index contributed by atoms with van der Waals surface area (Å²) in [5.41, 5.74) is 2.07. The van der Waals surface area contributed by atoms with E-state index in [9.17, 15) is 14.4 Å². The largest absolute Gasteiger partial charge is 0.453 e. The van der Waals surface area contributed by atoms with Crippen LogP contribution in [-0.4, -0.2) is 30.3 Å². The van der Waals surface area contributed by atoms with Crippen LogP contribution in [0.5, 0.6) is 0 Å². The van der Waals surface area contributed by atoms with Gasteiger partial charge in [-0.05, 0) is 41.8 Å². The fraction of sp³-hybridized carbons (Fsp3) is 0.208. The van der Waals surface area contributed by atoms with Crippen LogP contribution in [0.2, 0.25) is 0 Å². The number of rotatable bonds is 7. The highest BCUT2D eigenvalue weighted by atomic mass is 16.5. The Labute approximate surface area is 169 Å². The molecule has 0 radical (unpaired) electrons. The molecule has 5 heteroatoms. The molecule has 1 N–H and O–H groups in total. The van der Waals surface area contributed by atoms with Crippen LogP contribution in [-0.2, 0) is 16.0 Å². The summed E-state index contributed by atoms with van der Waals surface area (Å²) in [5, 5.41) is 4.51.